The Kier molecular flexibility index (Phi) is 17.3. The molecular formula is C62H66N12O8S. The van der Waals surface area contributed by atoms with Gasteiger partial charge in [0.05, 0.1) is 52.1 Å². The highest BCUT2D eigenvalue weighted by Crippen LogP contribution is 2.35. The lowest BCUT2D eigenvalue weighted by molar-refractivity contribution is 0.0303. The first-order valence-corrected chi connectivity index (χ1v) is 29.6. The SMILES string of the molecule is CCOC1CCC(Nc2ncc3c(NC(=O)c4ccc(CN(C)S(=O)(=O)c5ccc(-c6cnc(NC(=O)c7ccccc7)c7cnc(NC8CCC(OC)CC8)nc67)cc5)cc4)ncc(-c4ccc(C(=O)N5CCOCC5)cc4)c3n2)CC1. The van der Waals surface area contributed by atoms with Gasteiger partial charge in [0.1, 0.15) is 11.6 Å². The van der Waals surface area contributed by atoms with Crippen LogP contribution in [0.25, 0.3) is 44.1 Å². The van der Waals surface area contributed by atoms with Crippen molar-refractivity contribution in [3.8, 4) is 22.3 Å². The molecule has 1 saturated heterocycles. The Bertz CT molecular complexity index is 3730. The summed E-state index contributed by atoms with van der Waals surface area (Å²) in [5.41, 5.74) is 5.87. The Morgan fingerprint density at radius 3 is 1.63 bits per heavy atom. The molecule has 3 aliphatic rings. The third-order valence-corrected chi connectivity index (χ3v) is 17.5. The Hall–Kier alpha value is -8.34. The fourth-order valence-electron chi connectivity index (χ4n) is 11.0. The van der Waals surface area contributed by atoms with E-state index in [9.17, 15) is 22.8 Å². The topological polar surface area (TPSA) is 245 Å². The van der Waals surface area contributed by atoms with Crippen LogP contribution in [0.3, 0.4) is 0 Å². The molecule has 3 amide bonds. The molecule has 83 heavy (non-hydrogen) atoms. The van der Waals surface area contributed by atoms with E-state index in [1.807, 2.05) is 25.1 Å². The van der Waals surface area contributed by atoms with Gasteiger partial charge in [0.25, 0.3) is 17.7 Å². The van der Waals surface area contributed by atoms with Gasteiger partial charge in [0.15, 0.2) is 0 Å². The predicted molar refractivity (Wildman–Crippen MR) is 318 cm³/mol. The summed E-state index contributed by atoms with van der Waals surface area (Å²) in [4.78, 5) is 71.0. The van der Waals surface area contributed by atoms with Gasteiger partial charge in [-0.25, -0.2) is 38.3 Å². The van der Waals surface area contributed by atoms with Gasteiger partial charge in [0.2, 0.25) is 21.9 Å². The number of morpholine rings is 1. The fraction of sp³-hybridized carbons (Fsp3) is 0.339. The first-order valence-electron chi connectivity index (χ1n) is 28.2. The number of hydrogen-bond donors (Lipinski definition) is 4. The zero-order valence-electron chi connectivity index (χ0n) is 46.6. The van der Waals surface area contributed by atoms with Crippen LogP contribution >= 0.6 is 0 Å². The molecule has 428 valence electrons. The first-order chi connectivity index (χ1) is 40.4. The van der Waals surface area contributed by atoms with E-state index in [1.165, 1.54) is 11.4 Å². The minimum atomic E-state index is -4.00. The van der Waals surface area contributed by atoms with E-state index < -0.39 is 15.9 Å². The molecule has 2 aliphatic carbocycles. The summed E-state index contributed by atoms with van der Waals surface area (Å²) >= 11 is 0. The molecular weight excluding hydrogens is 1070 g/mol. The molecule has 4 aromatic heterocycles. The number of nitrogens with zero attached hydrogens (tertiary/aromatic N) is 8. The number of anilines is 4. The molecule has 0 unspecified atom stereocenters. The van der Waals surface area contributed by atoms with Gasteiger partial charge in [-0.05, 0) is 124 Å². The van der Waals surface area contributed by atoms with Crippen LogP contribution in [0.15, 0.2) is 133 Å². The number of methoxy groups -OCH3 is 1. The normalized spacial score (nSPS) is 18.4. The Balaban J connectivity index is 0.785. The van der Waals surface area contributed by atoms with Crippen LogP contribution in [0.4, 0.5) is 23.5 Å². The Morgan fingerprint density at radius 2 is 1.11 bits per heavy atom. The largest absolute Gasteiger partial charge is 0.381 e. The lowest BCUT2D eigenvalue weighted by atomic mass is 9.93. The Morgan fingerprint density at radius 1 is 0.614 bits per heavy atom. The number of nitrogens with one attached hydrogen (secondary N) is 4. The van der Waals surface area contributed by atoms with Gasteiger partial charge in [-0.2, -0.15) is 4.31 Å². The standard InChI is InChI=1S/C62H66N12O8S/c1-4-82-48-26-22-46(23-27-48)68-62-66-36-52-54(69-62)50(40-14-16-44(17-15-40)60(77)74-30-32-81-33-31-74)34-63-57(52)72-59(76)43-12-10-39(11-13-43)38-73(2)83(78,79)49-28-18-41(19-29-49)51-35-64-56(71-58(75)42-8-6-5-7-9-42)53-37-65-61(70-55(51)53)67-45-20-24-47(80-3)25-21-45/h5-19,28-29,34-37,45-48H,4,20-27,30-33,38H2,1-3H3,(H,63,72,76)(H,64,71,75)(H,65,67,70)(H,66,68,69). The van der Waals surface area contributed by atoms with Gasteiger partial charge in [0, 0.05) is 105 Å². The molecule has 0 atom stereocenters. The molecule has 8 aromatic rings. The predicted octanol–water partition coefficient (Wildman–Crippen LogP) is 9.62. The number of benzene rings is 4. The van der Waals surface area contributed by atoms with Gasteiger partial charge in [-0.15, -0.1) is 0 Å². The zero-order chi connectivity index (χ0) is 57.5. The average molecular weight is 1140 g/mol. The molecule has 2 saturated carbocycles. The summed E-state index contributed by atoms with van der Waals surface area (Å²) in [5.74, 6) is 0.609. The summed E-state index contributed by atoms with van der Waals surface area (Å²) in [6, 6.07) is 29.8. The maximum Gasteiger partial charge on any atom is 0.256 e. The van der Waals surface area contributed by atoms with Crippen molar-refractivity contribution in [1.29, 1.82) is 0 Å². The van der Waals surface area contributed by atoms with Crippen LogP contribution in [0.2, 0.25) is 0 Å². The highest BCUT2D eigenvalue weighted by atomic mass is 32.2. The number of hydrogen-bond acceptors (Lipinski definition) is 16. The summed E-state index contributed by atoms with van der Waals surface area (Å²) < 4.78 is 46.4. The average Bonchev–Trinajstić information content (AvgIpc) is 3.40. The van der Waals surface area contributed by atoms with E-state index in [0.717, 1.165) is 56.9 Å². The third kappa shape index (κ3) is 13.0. The van der Waals surface area contributed by atoms with E-state index >= 15 is 0 Å². The van der Waals surface area contributed by atoms with Crippen molar-refractivity contribution in [3.63, 3.8) is 0 Å². The fourth-order valence-corrected chi connectivity index (χ4v) is 12.2. The van der Waals surface area contributed by atoms with Gasteiger partial charge in [-0.1, -0.05) is 54.6 Å². The summed E-state index contributed by atoms with van der Waals surface area (Å²) in [6.07, 6.45) is 14.4. The summed E-state index contributed by atoms with van der Waals surface area (Å²) in [6.45, 7) is 4.82. The molecule has 0 radical (unpaired) electrons. The molecule has 4 N–H and O–H groups in total. The van der Waals surface area contributed by atoms with Crippen LogP contribution in [-0.2, 0) is 30.8 Å². The number of sulfonamides is 1. The molecule has 0 spiro atoms. The van der Waals surface area contributed by atoms with Gasteiger partial charge >= 0.3 is 0 Å². The number of rotatable bonds is 18. The van der Waals surface area contributed by atoms with Crippen molar-refractivity contribution >= 4 is 73.1 Å². The molecule has 5 heterocycles. The molecule has 1 aliphatic heterocycles. The van der Waals surface area contributed by atoms with E-state index in [2.05, 4.69) is 36.2 Å². The number of carbonyl (C=O) groups is 3. The van der Waals surface area contributed by atoms with Crippen molar-refractivity contribution in [2.24, 2.45) is 0 Å². The van der Waals surface area contributed by atoms with Gasteiger partial charge < -0.3 is 40.4 Å². The van der Waals surface area contributed by atoms with Crippen molar-refractivity contribution in [1.82, 2.24) is 39.1 Å². The van der Waals surface area contributed by atoms with Crippen molar-refractivity contribution < 1.29 is 37.0 Å². The van der Waals surface area contributed by atoms with E-state index in [0.29, 0.717) is 111 Å². The second kappa shape index (κ2) is 25.4. The number of carbonyl (C=O) groups excluding carboxylic acids is 3. The van der Waals surface area contributed by atoms with Crippen LogP contribution in [-0.4, -0.2) is 137 Å². The van der Waals surface area contributed by atoms with E-state index in [1.54, 1.807) is 122 Å². The number of ether oxygens (including phenoxy) is 3. The lowest BCUT2D eigenvalue weighted by Gasteiger charge is -2.28. The minimum absolute atomic E-state index is 0.0220. The number of pyridine rings is 2. The van der Waals surface area contributed by atoms with Crippen molar-refractivity contribution in [2.45, 2.75) is 94.0 Å². The van der Waals surface area contributed by atoms with Crippen LogP contribution in [0, 0.1) is 0 Å². The van der Waals surface area contributed by atoms with Crippen LogP contribution in [0.1, 0.15) is 94.9 Å². The molecule has 11 rings (SSSR count). The maximum atomic E-state index is 14.1. The molecule has 4 aromatic carbocycles. The van der Waals surface area contributed by atoms with Crippen LogP contribution < -0.4 is 21.3 Å². The van der Waals surface area contributed by atoms with Gasteiger partial charge in [-0.3, -0.25) is 14.4 Å². The minimum Gasteiger partial charge on any atom is -0.381 e. The van der Waals surface area contributed by atoms with E-state index in [-0.39, 0.29) is 53.4 Å². The summed E-state index contributed by atoms with van der Waals surface area (Å²) in [7, 11) is -0.752. The van der Waals surface area contributed by atoms with E-state index in [4.69, 9.17) is 29.2 Å². The van der Waals surface area contributed by atoms with Crippen molar-refractivity contribution in [3.05, 3.63) is 150 Å². The van der Waals surface area contributed by atoms with Crippen LogP contribution in [0.5, 0.6) is 0 Å². The molecule has 21 heteroatoms. The summed E-state index contributed by atoms with van der Waals surface area (Å²) in [5, 5.41) is 13.9. The molecule has 3 fully saturated rings. The molecule has 20 nitrogen and oxygen atoms in total. The maximum absolute atomic E-state index is 14.1. The number of fused-ring (bicyclic) bond motifs is 2. The van der Waals surface area contributed by atoms with Crippen molar-refractivity contribution in [2.75, 3.05) is 68.3 Å². The monoisotopic (exact) mass is 1140 g/mol. The zero-order valence-corrected chi connectivity index (χ0v) is 47.4. The Labute approximate surface area is 481 Å². The molecule has 0 bridgehead atoms. The highest BCUT2D eigenvalue weighted by Gasteiger charge is 2.27. The quantitative estimate of drug-likeness (QED) is 0.0625. The first kappa shape index (κ1) is 56.5. The lowest BCUT2D eigenvalue weighted by Crippen LogP contribution is -2.40. The number of amides is 3. The highest BCUT2D eigenvalue weighted by molar-refractivity contribution is 7.89. The second-order valence-corrected chi connectivity index (χ2v) is 23.2. The number of aromatic nitrogens is 6. The second-order valence-electron chi connectivity index (χ2n) is 21.1. The third-order valence-electron chi connectivity index (χ3n) is 15.7. The smallest absolute Gasteiger partial charge is 0.256 e.